The van der Waals surface area contributed by atoms with Gasteiger partial charge in [0, 0.05) is 17.3 Å². The Morgan fingerprint density at radius 3 is 2.64 bits per heavy atom. The molecule has 0 aliphatic rings. The minimum absolute atomic E-state index is 0.0120. The highest BCUT2D eigenvalue weighted by molar-refractivity contribution is 7.80. The van der Waals surface area contributed by atoms with Gasteiger partial charge in [0.25, 0.3) is 5.91 Å². The molecule has 2 aromatic rings. The average Bonchev–Trinajstić information content (AvgIpc) is 2.66. The zero-order valence-corrected chi connectivity index (χ0v) is 16.5. The number of ether oxygens (including phenoxy) is 2. The Kier molecular flexibility index (Phi) is 7.28. The van der Waals surface area contributed by atoms with Crippen LogP contribution >= 0.6 is 12.2 Å². The van der Waals surface area contributed by atoms with Crippen molar-refractivity contribution in [2.45, 2.75) is 13.8 Å². The zero-order valence-electron chi connectivity index (χ0n) is 15.7. The number of carbonyl (C=O) groups excluding carboxylic acids is 1. The fraction of sp³-hybridized carbons (Fsp3) is 0.263. The van der Waals surface area contributed by atoms with Gasteiger partial charge < -0.3 is 14.8 Å². The Labute approximate surface area is 168 Å². The molecule has 2 rings (SSSR count). The molecule has 0 bridgehead atoms. The highest BCUT2D eigenvalue weighted by atomic mass is 32.1. The summed E-state index contributed by atoms with van der Waals surface area (Å²) < 4.78 is 10.6. The van der Waals surface area contributed by atoms with Gasteiger partial charge >= 0.3 is 5.69 Å². The maximum Gasteiger partial charge on any atom is 0.312 e. The lowest BCUT2D eigenvalue weighted by Crippen LogP contribution is -2.34. The molecule has 0 spiro atoms. The maximum atomic E-state index is 12.4. The van der Waals surface area contributed by atoms with Crippen molar-refractivity contribution < 1.29 is 19.2 Å². The fourth-order valence-corrected chi connectivity index (χ4v) is 2.45. The lowest BCUT2D eigenvalue weighted by Gasteiger charge is -2.12. The van der Waals surface area contributed by atoms with Gasteiger partial charge in [-0.2, -0.15) is 0 Å². The standard InChI is InChI=1S/C19H21N3O5S/c1-12(2)11-27-15-6-4-5-13(9-15)18(23)21-19(28)20-14-7-8-17(26-3)16(10-14)22(24)25/h4-10,12H,11H2,1-3H3,(H2,20,21,23,28). The fourth-order valence-electron chi connectivity index (χ4n) is 2.24. The van der Waals surface area contributed by atoms with Crippen LogP contribution in [0, 0.1) is 16.0 Å². The number of benzene rings is 2. The second kappa shape index (κ2) is 9.65. The number of nitro groups is 1. The second-order valence-corrected chi connectivity index (χ2v) is 6.69. The molecule has 1 amide bonds. The first-order chi connectivity index (χ1) is 13.3. The number of carbonyl (C=O) groups is 1. The van der Waals surface area contributed by atoms with Gasteiger partial charge in [-0.25, -0.2) is 0 Å². The van der Waals surface area contributed by atoms with Gasteiger partial charge in [-0.1, -0.05) is 19.9 Å². The Morgan fingerprint density at radius 2 is 2.00 bits per heavy atom. The van der Waals surface area contributed by atoms with Gasteiger partial charge in [0.2, 0.25) is 0 Å². The number of nitrogens with one attached hydrogen (secondary N) is 2. The molecular formula is C19H21N3O5S. The van der Waals surface area contributed by atoms with Crippen LogP contribution in [0.25, 0.3) is 0 Å². The lowest BCUT2D eigenvalue weighted by molar-refractivity contribution is -0.385. The molecule has 0 atom stereocenters. The Bertz CT molecular complexity index is 886. The molecule has 0 heterocycles. The molecule has 2 N–H and O–H groups in total. The first kappa shape index (κ1) is 21.1. The highest BCUT2D eigenvalue weighted by Crippen LogP contribution is 2.29. The molecule has 0 unspecified atom stereocenters. The largest absolute Gasteiger partial charge is 0.493 e. The number of hydrogen-bond acceptors (Lipinski definition) is 6. The van der Waals surface area contributed by atoms with Crippen molar-refractivity contribution in [3.63, 3.8) is 0 Å². The summed E-state index contributed by atoms with van der Waals surface area (Å²) in [6, 6.07) is 11.0. The second-order valence-electron chi connectivity index (χ2n) is 6.28. The van der Waals surface area contributed by atoms with Gasteiger partial charge in [-0.15, -0.1) is 0 Å². The van der Waals surface area contributed by atoms with E-state index < -0.39 is 10.8 Å². The minimum Gasteiger partial charge on any atom is -0.493 e. The van der Waals surface area contributed by atoms with E-state index in [1.165, 1.54) is 19.2 Å². The number of methoxy groups -OCH3 is 1. The molecule has 148 valence electrons. The molecule has 0 radical (unpaired) electrons. The summed E-state index contributed by atoms with van der Waals surface area (Å²) in [5.74, 6) is 0.660. The van der Waals surface area contributed by atoms with E-state index in [4.69, 9.17) is 21.7 Å². The van der Waals surface area contributed by atoms with E-state index in [-0.39, 0.29) is 16.5 Å². The topological polar surface area (TPSA) is 103 Å². The van der Waals surface area contributed by atoms with Crippen molar-refractivity contribution >= 4 is 34.6 Å². The molecule has 0 saturated heterocycles. The summed E-state index contributed by atoms with van der Waals surface area (Å²) in [7, 11) is 1.35. The average molecular weight is 403 g/mol. The van der Waals surface area contributed by atoms with E-state index in [9.17, 15) is 14.9 Å². The van der Waals surface area contributed by atoms with Crippen LogP contribution in [0.4, 0.5) is 11.4 Å². The van der Waals surface area contributed by atoms with Crippen molar-refractivity contribution in [1.29, 1.82) is 0 Å². The summed E-state index contributed by atoms with van der Waals surface area (Å²) in [5.41, 5.74) is 0.523. The monoisotopic (exact) mass is 403 g/mol. The number of nitro benzene ring substituents is 1. The predicted octanol–water partition coefficient (Wildman–Crippen LogP) is 3.77. The van der Waals surface area contributed by atoms with Gasteiger partial charge in [0.15, 0.2) is 10.9 Å². The Hall–Kier alpha value is -3.20. The summed E-state index contributed by atoms with van der Waals surface area (Å²) in [6.07, 6.45) is 0. The van der Waals surface area contributed by atoms with Crippen molar-refractivity contribution in [3.05, 3.63) is 58.1 Å². The van der Waals surface area contributed by atoms with Crippen molar-refractivity contribution in [1.82, 2.24) is 5.32 Å². The van der Waals surface area contributed by atoms with E-state index >= 15 is 0 Å². The molecule has 0 saturated carbocycles. The van der Waals surface area contributed by atoms with Crippen LogP contribution in [-0.4, -0.2) is 29.7 Å². The first-order valence-electron chi connectivity index (χ1n) is 8.47. The van der Waals surface area contributed by atoms with E-state index in [1.54, 1.807) is 30.3 Å². The van der Waals surface area contributed by atoms with Gasteiger partial charge in [-0.05, 0) is 48.5 Å². The van der Waals surface area contributed by atoms with Crippen LogP contribution in [-0.2, 0) is 0 Å². The third-order valence-electron chi connectivity index (χ3n) is 3.54. The van der Waals surface area contributed by atoms with Crippen molar-refractivity contribution in [2.75, 3.05) is 19.0 Å². The molecule has 9 heteroatoms. The van der Waals surface area contributed by atoms with Gasteiger partial charge in [0.05, 0.1) is 18.6 Å². The first-order valence-corrected chi connectivity index (χ1v) is 8.88. The van der Waals surface area contributed by atoms with E-state index in [0.717, 1.165) is 0 Å². The quantitative estimate of drug-likeness (QED) is 0.412. The van der Waals surface area contributed by atoms with Crippen molar-refractivity contribution in [2.24, 2.45) is 5.92 Å². The normalized spacial score (nSPS) is 10.3. The summed E-state index contributed by atoms with van der Waals surface area (Å²) in [6.45, 7) is 4.61. The number of thiocarbonyl (C=S) groups is 1. The maximum absolute atomic E-state index is 12.4. The molecule has 0 aliphatic carbocycles. The Morgan fingerprint density at radius 1 is 1.25 bits per heavy atom. The molecule has 28 heavy (non-hydrogen) atoms. The molecule has 8 nitrogen and oxygen atoms in total. The molecule has 0 aromatic heterocycles. The van der Waals surface area contributed by atoms with Crippen LogP contribution in [0.15, 0.2) is 42.5 Å². The predicted molar refractivity (Wildman–Crippen MR) is 110 cm³/mol. The van der Waals surface area contributed by atoms with E-state index in [1.807, 2.05) is 13.8 Å². The van der Waals surface area contributed by atoms with Crippen LogP contribution in [0.1, 0.15) is 24.2 Å². The van der Waals surface area contributed by atoms with Crippen molar-refractivity contribution in [3.8, 4) is 11.5 Å². The zero-order chi connectivity index (χ0) is 20.7. The third kappa shape index (κ3) is 5.92. The van der Waals surface area contributed by atoms with Crippen LogP contribution < -0.4 is 20.1 Å². The van der Waals surface area contributed by atoms with Gasteiger partial charge in [-0.3, -0.25) is 20.2 Å². The summed E-state index contributed by atoms with van der Waals surface area (Å²) in [4.78, 5) is 22.9. The molecule has 0 aliphatic heterocycles. The Balaban J connectivity index is 2.03. The van der Waals surface area contributed by atoms with Crippen LogP contribution in [0.2, 0.25) is 0 Å². The highest BCUT2D eigenvalue weighted by Gasteiger charge is 2.16. The number of amides is 1. The van der Waals surface area contributed by atoms with E-state index in [2.05, 4.69) is 10.6 Å². The SMILES string of the molecule is COc1ccc(NC(=S)NC(=O)c2cccc(OCC(C)C)c2)cc1[N+](=O)[O-]. The van der Waals surface area contributed by atoms with Crippen LogP contribution in [0.5, 0.6) is 11.5 Å². The van der Waals surface area contributed by atoms with E-state index in [0.29, 0.717) is 29.5 Å². The summed E-state index contributed by atoms with van der Waals surface area (Å²) in [5, 5.41) is 16.4. The number of nitrogens with zero attached hydrogens (tertiary/aromatic N) is 1. The minimum atomic E-state index is -0.561. The summed E-state index contributed by atoms with van der Waals surface area (Å²) >= 11 is 5.13. The number of hydrogen-bond donors (Lipinski definition) is 2. The third-order valence-corrected chi connectivity index (χ3v) is 3.74. The van der Waals surface area contributed by atoms with Gasteiger partial charge in [0.1, 0.15) is 5.75 Å². The lowest BCUT2D eigenvalue weighted by atomic mass is 10.2. The molecule has 0 fully saturated rings. The molecule has 2 aromatic carbocycles. The van der Waals surface area contributed by atoms with Crippen LogP contribution in [0.3, 0.4) is 0 Å². The number of rotatable bonds is 7. The number of anilines is 1. The smallest absolute Gasteiger partial charge is 0.312 e. The molecular weight excluding hydrogens is 382 g/mol.